The highest BCUT2D eigenvalue weighted by Crippen LogP contribution is 2.26. The third kappa shape index (κ3) is 2.38. The van der Waals surface area contributed by atoms with Gasteiger partial charge in [0.2, 0.25) is 0 Å². The minimum Gasteiger partial charge on any atom is -0.313 e. The minimum absolute atomic E-state index is 1.00. The molecule has 0 saturated carbocycles. The molecule has 0 spiro atoms. The first kappa shape index (κ1) is 10.6. The molecule has 0 aromatic heterocycles. The molecule has 0 bridgehead atoms. The summed E-state index contributed by atoms with van der Waals surface area (Å²) in [6, 6.07) is 6.55. The van der Waals surface area contributed by atoms with Gasteiger partial charge in [-0.1, -0.05) is 12.1 Å². The lowest BCUT2D eigenvalue weighted by Gasteiger charge is -2.14. The Morgan fingerprint density at radius 2 is 2.21 bits per heavy atom. The highest BCUT2D eigenvalue weighted by molar-refractivity contribution is 14.1. The Hall–Kier alpha value is 0.130. The summed E-state index contributed by atoms with van der Waals surface area (Å²) >= 11 is 5.87. The average molecular weight is 364 g/mol. The number of hydrogen-bond acceptors (Lipinski definition) is 1. The Bertz CT molecular complexity index is 374. The number of rotatable bonds is 1. The van der Waals surface area contributed by atoms with E-state index in [2.05, 4.69) is 68.1 Å². The van der Waals surface area contributed by atoms with Gasteiger partial charge in [-0.25, -0.2) is 0 Å². The quantitative estimate of drug-likeness (QED) is 0.754. The zero-order valence-electron chi connectivity index (χ0n) is 7.69. The van der Waals surface area contributed by atoms with Crippen LogP contribution in [0.25, 0.3) is 5.57 Å². The van der Waals surface area contributed by atoms with E-state index in [4.69, 9.17) is 0 Å². The second-order valence-electron chi connectivity index (χ2n) is 3.31. The Labute approximate surface area is 106 Å². The Morgan fingerprint density at radius 3 is 2.86 bits per heavy atom. The molecule has 0 radical (unpaired) electrons. The van der Waals surface area contributed by atoms with Crippen molar-refractivity contribution in [3.63, 3.8) is 0 Å². The fourth-order valence-electron chi connectivity index (χ4n) is 1.58. The molecule has 0 atom stereocenters. The van der Waals surface area contributed by atoms with Gasteiger partial charge in [0, 0.05) is 14.6 Å². The summed E-state index contributed by atoms with van der Waals surface area (Å²) in [5, 5.41) is 3.32. The van der Waals surface area contributed by atoms with Crippen LogP contribution in [0.4, 0.5) is 0 Å². The van der Waals surface area contributed by atoms with E-state index in [0.29, 0.717) is 0 Å². The maximum absolute atomic E-state index is 3.51. The van der Waals surface area contributed by atoms with E-state index in [0.717, 1.165) is 19.5 Å². The smallest absolute Gasteiger partial charge is 0.0309 e. The molecule has 1 aliphatic heterocycles. The summed E-state index contributed by atoms with van der Waals surface area (Å²) in [4.78, 5) is 0. The van der Waals surface area contributed by atoms with Crippen LogP contribution in [0.1, 0.15) is 12.0 Å². The highest BCUT2D eigenvalue weighted by atomic mass is 127. The zero-order chi connectivity index (χ0) is 9.97. The third-order valence-corrected chi connectivity index (χ3v) is 4.68. The lowest BCUT2D eigenvalue weighted by molar-refractivity contribution is 0.738. The molecular formula is C11H11BrIN. The van der Waals surface area contributed by atoms with Crippen LogP contribution in [-0.4, -0.2) is 13.1 Å². The molecule has 74 valence electrons. The Kier molecular flexibility index (Phi) is 3.62. The molecule has 1 N–H and O–H groups in total. The van der Waals surface area contributed by atoms with Crippen molar-refractivity contribution in [3.05, 3.63) is 37.9 Å². The van der Waals surface area contributed by atoms with Crippen LogP contribution >= 0.6 is 38.5 Å². The molecule has 1 aromatic rings. The zero-order valence-corrected chi connectivity index (χ0v) is 11.4. The molecule has 1 heterocycles. The Balaban J connectivity index is 2.32. The molecule has 3 heteroatoms. The molecular weight excluding hydrogens is 353 g/mol. The Morgan fingerprint density at radius 1 is 1.36 bits per heavy atom. The maximum atomic E-state index is 3.51. The van der Waals surface area contributed by atoms with Gasteiger partial charge in [-0.3, -0.25) is 0 Å². The summed E-state index contributed by atoms with van der Waals surface area (Å²) in [6.07, 6.45) is 3.42. The van der Waals surface area contributed by atoms with E-state index in [-0.39, 0.29) is 0 Å². The van der Waals surface area contributed by atoms with Gasteiger partial charge in [0.05, 0.1) is 0 Å². The van der Waals surface area contributed by atoms with Gasteiger partial charge in [0.15, 0.2) is 0 Å². The van der Waals surface area contributed by atoms with Crippen LogP contribution in [0, 0.1) is 3.57 Å². The fourth-order valence-corrected chi connectivity index (χ4v) is 2.34. The lowest BCUT2D eigenvalue weighted by Crippen LogP contribution is -2.20. The monoisotopic (exact) mass is 363 g/mol. The van der Waals surface area contributed by atoms with Crippen LogP contribution in [-0.2, 0) is 0 Å². The first-order valence-corrected chi connectivity index (χ1v) is 6.50. The van der Waals surface area contributed by atoms with Gasteiger partial charge in [-0.05, 0) is 74.8 Å². The van der Waals surface area contributed by atoms with Crippen LogP contribution in [0.2, 0.25) is 0 Å². The number of halogens is 2. The van der Waals surface area contributed by atoms with E-state index in [9.17, 15) is 0 Å². The largest absolute Gasteiger partial charge is 0.313 e. The van der Waals surface area contributed by atoms with Crippen LogP contribution in [0.3, 0.4) is 0 Å². The summed E-state index contributed by atoms with van der Waals surface area (Å²) < 4.78 is 2.45. The van der Waals surface area contributed by atoms with Gasteiger partial charge in [-0.2, -0.15) is 0 Å². The lowest BCUT2D eigenvalue weighted by atomic mass is 10.0. The fraction of sp³-hybridized carbons (Fsp3) is 0.273. The number of nitrogens with one attached hydrogen (secondary N) is 1. The first-order chi connectivity index (χ1) is 6.77. The standard InChI is InChI=1S/C11H11BrIN/c12-10-2-1-9(7-11(10)13)8-3-5-14-6-4-8/h1-3,7,14H,4-6H2. The van der Waals surface area contributed by atoms with Gasteiger partial charge in [-0.15, -0.1) is 0 Å². The molecule has 0 unspecified atom stereocenters. The molecule has 1 nitrogen and oxygen atoms in total. The van der Waals surface area contributed by atoms with Gasteiger partial charge >= 0.3 is 0 Å². The minimum atomic E-state index is 1.00. The molecule has 1 aromatic carbocycles. The molecule has 0 aliphatic carbocycles. The summed E-state index contributed by atoms with van der Waals surface area (Å²) in [5.41, 5.74) is 2.83. The maximum Gasteiger partial charge on any atom is 0.0309 e. The molecule has 0 fully saturated rings. The predicted octanol–water partition coefficient (Wildman–Crippen LogP) is 3.43. The molecule has 2 rings (SSSR count). The van der Waals surface area contributed by atoms with E-state index in [1.54, 1.807) is 0 Å². The average Bonchev–Trinajstić information content (AvgIpc) is 2.23. The highest BCUT2D eigenvalue weighted by Gasteiger charge is 2.06. The van der Waals surface area contributed by atoms with Gasteiger partial charge in [0.1, 0.15) is 0 Å². The summed E-state index contributed by atoms with van der Waals surface area (Å²) in [5.74, 6) is 0. The van der Waals surface area contributed by atoms with Crippen molar-refractivity contribution in [3.8, 4) is 0 Å². The topological polar surface area (TPSA) is 12.0 Å². The van der Waals surface area contributed by atoms with Crippen LogP contribution < -0.4 is 5.32 Å². The van der Waals surface area contributed by atoms with Crippen LogP contribution in [0.15, 0.2) is 28.7 Å². The van der Waals surface area contributed by atoms with E-state index < -0.39 is 0 Å². The second-order valence-corrected chi connectivity index (χ2v) is 5.33. The molecule has 0 saturated heterocycles. The third-order valence-electron chi connectivity index (χ3n) is 2.35. The van der Waals surface area contributed by atoms with Crippen LogP contribution in [0.5, 0.6) is 0 Å². The normalized spacial score (nSPS) is 16.6. The molecule has 14 heavy (non-hydrogen) atoms. The summed E-state index contributed by atoms with van der Waals surface area (Å²) in [6.45, 7) is 2.10. The number of hydrogen-bond donors (Lipinski definition) is 1. The van der Waals surface area contributed by atoms with Crippen molar-refractivity contribution in [2.45, 2.75) is 6.42 Å². The SMILES string of the molecule is Brc1ccc(C2=CCNCC2)cc1I. The van der Waals surface area contributed by atoms with Crippen molar-refractivity contribution in [2.24, 2.45) is 0 Å². The number of benzene rings is 1. The second kappa shape index (κ2) is 4.77. The van der Waals surface area contributed by atoms with Crippen molar-refractivity contribution in [2.75, 3.05) is 13.1 Å². The van der Waals surface area contributed by atoms with E-state index >= 15 is 0 Å². The van der Waals surface area contributed by atoms with Crippen molar-refractivity contribution in [1.82, 2.24) is 5.32 Å². The predicted molar refractivity (Wildman–Crippen MR) is 72.3 cm³/mol. The van der Waals surface area contributed by atoms with E-state index in [1.165, 1.54) is 19.2 Å². The van der Waals surface area contributed by atoms with Crippen molar-refractivity contribution < 1.29 is 0 Å². The van der Waals surface area contributed by atoms with Crippen molar-refractivity contribution in [1.29, 1.82) is 0 Å². The van der Waals surface area contributed by atoms with Gasteiger partial charge in [0.25, 0.3) is 0 Å². The van der Waals surface area contributed by atoms with Crippen molar-refractivity contribution >= 4 is 44.1 Å². The molecule has 1 aliphatic rings. The molecule has 0 amide bonds. The van der Waals surface area contributed by atoms with E-state index in [1.807, 2.05) is 0 Å². The van der Waals surface area contributed by atoms with Gasteiger partial charge < -0.3 is 5.32 Å². The summed E-state index contributed by atoms with van der Waals surface area (Å²) in [7, 11) is 0. The first-order valence-electron chi connectivity index (χ1n) is 4.62.